The molecule has 0 bridgehead atoms. The number of nitrogens with zero attached hydrogens (tertiary/aromatic N) is 2. The van der Waals surface area contributed by atoms with Gasteiger partial charge >= 0.3 is 0 Å². The van der Waals surface area contributed by atoms with Crippen molar-refractivity contribution in [1.82, 2.24) is 10.2 Å². The summed E-state index contributed by atoms with van der Waals surface area (Å²) >= 11 is 0. The second-order valence-electron chi connectivity index (χ2n) is 5.72. The van der Waals surface area contributed by atoms with Crippen LogP contribution in [0.2, 0.25) is 0 Å². The van der Waals surface area contributed by atoms with Crippen LogP contribution in [0.1, 0.15) is 26.7 Å². The molecule has 0 amide bonds. The molecule has 0 radical (unpaired) electrons. The number of H-pyrrole nitrogens is 1. The average molecular weight is 268 g/mol. The highest BCUT2D eigenvalue weighted by atomic mass is 15.1. The molecule has 0 atom stereocenters. The van der Waals surface area contributed by atoms with Crippen LogP contribution in [0.15, 0.2) is 36.5 Å². The summed E-state index contributed by atoms with van der Waals surface area (Å²) in [4.78, 5) is 0. The minimum Gasteiger partial charge on any atom is -0.385 e. The van der Waals surface area contributed by atoms with Gasteiger partial charge in [0.15, 0.2) is 0 Å². The Hall–Kier alpha value is -2.28. The van der Waals surface area contributed by atoms with Gasteiger partial charge in [-0.05, 0) is 35.6 Å². The number of nitriles is 1. The summed E-state index contributed by atoms with van der Waals surface area (Å²) in [7, 11) is 0. The molecule has 2 rings (SSSR count). The summed E-state index contributed by atoms with van der Waals surface area (Å²) in [6, 6.07) is 12.4. The molecule has 2 aromatic rings. The van der Waals surface area contributed by atoms with Gasteiger partial charge in [0.1, 0.15) is 0 Å². The Morgan fingerprint density at radius 2 is 2.00 bits per heavy atom. The first-order valence-corrected chi connectivity index (χ1v) is 6.81. The van der Waals surface area contributed by atoms with Crippen LogP contribution in [-0.4, -0.2) is 16.7 Å². The number of hydrogen-bond donors (Lipinski definition) is 2. The van der Waals surface area contributed by atoms with Crippen LogP contribution in [0.3, 0.4) is 0 Å². The molecule has 1 aromatic carbocycles. The number of aromatic nitrogens is 2. The highest BCUT2D eigenvalue weighted by Gasteiger charge is 2.16. The summed E-state index contributed by atoms with van der Waals surface area (Å²) in [6.07, 6.45) is 3.26. The molecule has 0 saturated carbocycles. The third kappa shape index (κ3) is 3.86. The van der Waals surface area contributed by atoms with E-state index in [9.17, 15) is 0 Å². The van der Waals surface area contributed by atoms with Gasteiger partial charge in [0.25, 0.3) is 0 Å². The topological polar surface area (TPSA) is 64.5 Å². The Bertz CT molecular complexity index is 562. The average Bonchev–Trinajstić information content (AvgIpc) is 2.98. The standard InChI is InChI=1S/C16H20N4/c1-16(2,9-3-10-17)12-18-14-6-4-13(5-7-14)15-8-11-19-20-15/h4-8,11,18H,3,9,12H2,1-2H3,(H,19,20). The predicted octanol–water partition coefficient (Wildman–Crippen LogP) is 3.82. The molecular weight excluding hydrogens is 248 g/mol. The van der Waals surface area contributed by atoms with Crippen molar-refractivity contribution in [3.05, 3.63) is 36.5 Å². The highest BCUT2D eigenvalue weighted by molar-refractivity contribution is 5.62. The summed E-state index contributed by atoms with van der Waals surface area (Å²) < 4.78 is 0. The molecule has 0 aliphatic rings. The molecule has 4 heteroatoms. The zero-order valence-corrected chi connectivity index (χ0v) is 12.0. The normalized spacial score (nSPS) is 11.1. The SMILES string of the molecule is CC(C)(CCC#N)CNc1ccc(-c2ccn[nH]2)cc1. The maximum absolute atomic E-state index is 8.66. The monoisotopic (exact) mass is 268 g/mol. The molecule has 104 valence electrons. The zero-order valence-electron chi connectivity index (χ0n) is 12.0. The second-order valence-corrected chi connectivity index (χ2v) is 5.72. The Labute approximate surface area is 119 Å². The van der Waals surface area contributed by atoms with E-state index in [1.54, 1.807) is 6.20 Å². The van der Waals surface area contributed by atoms with Gasteiger partial charge in [0, 0.05) is 24.8 Å². The maximum atomic E-state index is 8.66. The van der Waals surface area contributed by atoms with E-state index in [4.69, 9.17) is 5.26 Å². The summed E-state index contributed by atoms with van der Waals surface area (Å²) in [5.41, 5.74) is 3.36. The molecule has 0 saturated heterocycles. The van der Waals surface area contributed by atoms with E-state index < -0.39 is 0 Å². The van der Waals surface area contributed by atoms with Crippen LogP contribution in [0.25, 0.3) is 11.3 Å². The van der Waals surface area contributed by atoms with E-state index in [0.29, 0.717) is 6.42 Å². The van der Waals surface area contributed by atoms with Crippen molar-refractivity contribution in [2.45, 2.75) is 26.7 Å². The molecule has 1 heterocycles. The van der Waals surface area contributed by atoms with Gasteiger partial charge in [-0.2, -0.15) is 10.4 Å². The van der Waals surface area contributed by atoms with Crippen LogP contribution in [-0.2, 0) is 0 Å². The van der Waals surface area contributed by atoms with Crippen LogP contribution < -0.4 is 5.32 Å². The lowest BCUT2D eigenvalue weighted by Gasteiger charge is -2.24. The maximum Gasteiger partial charge on any atom is 0.0650 e. The molecule has 0 spiro atoms. The predicted molar refractivity (Wildman–Crippen MR) is 81.1 cm³/mol. The van der Waals surface area contributed by atoms with Crippen molar-refractivity contribution in [2.75, 3.05) is 11.9 Å². The first-order chi connectivity index (χ1) is 9.61. The minimum atomic E-state index is 0.123. The van der Waals surface area contributed by atoms with E-state index >= 15 is 0 Å². The molecule has 0 unspecified atom stereocenters. The molecular formula is C16H20N4. The summed E-state index contributed by atoms with van der Waals surface area (Å²) in [5.74, 6) is 0. The fourth-order valence-corrected chi connectivity index (χ4v) is 2.01. The molecule has 0 aliphatic carbocycles. The van der Waals surface area contributed by atoms with Crippen LogP contribution in [0, 0.1) is 16.7 Å². The highest BCUT2D eigenvalue weighted by Crippen LogP contribution is 2.24. The van der Waals surface area contributed by atoms with Gasteiger partial charge in [-0.3, -0.25) is 5.10 Å². The van der Waals surface area contributed by atoms with Crippen LogP contribution in [0.5, 0.6) is 0 Å². The fraction of sp³-hybridized carbons (Fsp3) is 0.375. The van der Waals surface area contributed by atoms with Gasteiger partial charge < -0.3 is 5.32 Å². The lowest BCUT2D eigenvalue weighted by molar-refractivity contribution is 0.364. The smallest absolute Gasteiger partial charge is 0.0650 e. The first-order valence-electron chi connectivity index (χ1n) is 6.81. The molecule has 0 fully saturated rings. The largest absolute Gasteiger partial charge is 0.385 e. The minimum absolute atomic E-state index is 0.123. The number of hydrogen-bond acceptors (Lipinski definition) is 3. The summed E-state index contributed by atoms with van der Waals surface area (Å²) in [5, 5.41) is 19.0. The van der Waals surface area contributed by atoms with Crippen molar-refractivity contribution in [1.29, 1.82) is 5.26 Å². The van der Waals surface area contributed by atoms with E-state index in [0.717, 1.165) is 29.9 Å². The molecule has 20 heavy (non-hydrogen) atoms. The Balaban J connectivity index is 1.93. The number of benzene rings is 1. The number of nitrogens with one attached hydrogen (secondary N) is 2. The van der Waals surface area contributed by atoms with Crippen molar-refractivity contribution in [3.63, 3.8) is 0 Å². The van der Waals surface area contributed by atoms with Crippen LogP contribution >= 0.6 is 0 Å². The van der Waals surface area contributed by atoms with Crippen molar-refractivity contribution in [3.8, 4) is 17.3 Å². The Kier molecular flexibility index (Phi) is 4.41. The van der Waals surface area contributed by atoms with Gasteiger partial charge in [-0.15, -0.1) is 0 Å². The van der Waals surface area contributed by atoms with Crippen molar-refractivity contribution in [2.24, 2.45) is 5.41 Å². The second kappa shape index (κ2) is 6.25. The van der Waals surface area contributed by atoms with Gasteiger partial charge in [-0.25, -0.2) is 0 Å². The lowest BCUT2D eigenvalue weighted by atomic mass is 9.88. The van der Waals surface area contributed by atoms with E-state index in [-0.39, 0.29) is 5.41 Å². The fourth-order valence-electron chi connectivity index (χ4n) is 2.01. The zero-order chi connectivity index (χ0) is 14.4. The van der Waals surface area contributed by atoms with Crippen LogP contribution in [0.4, 0.5) is 5.69 Å². The number of anilines is 1. The van der Waals surface area contributed by atoms with Crippen molar-refractivity contribution < 1.29 is 0 Å². The van der Waals surface area contributed by atoms with Crippen molar-refractivity contribution >= 4 is 5.69 Å². The van der Waals surface area contributed by atoms with Gasteiger partial charge in [0.05, 0.1) is 11.8 Å². The lowest BCUT2D eigenvalue weighted by Crippen LogP contribution is -2.22. The first kappa shape index (κ1) is 14.1. The molecule has 4 nitrogen and oxygen atoms in total. The quantitative estimate of drug-likeness (QED) is 0.837. The molecule has 1 aromatic heterocycles. The van der Waals surface area contributed by atoms with Gasteiger partial charge in [0.2, 0.25) is 0 Å². The molecule has 0 aliphatic heterocycles. The Morgan fingerprint density at radius 1 is 1.25 bits per heavy atom. The van der Waals surface area contributed by atoms with E-state index in [2.05, 4.69) is 59.7 Å². The molecule has 2 N–H and O–H groups in total. The Morgan fingerprint density at radius 3 is 2.60 bits per heavy atom. The number of rotatable bonds is 6. The third-order valence-electron chi connectivity index (χ3n) is 3.38. The van der Waals surface area contributed by atoms with Gasteiger partial charge in [-0.1, -0.05) is 26.0 Å². The third-order valence-corrected chi connectivity index (χ3v) is 3.38. The van der Waals surface area contributed by atoms with E-state index in [1.165, 1.54) is 0 Å². The van der Waals surface area contributed by atoms with E-state index in [1.807, 2.05) is 6.07 Å². The summed E-state index contributed by atoms with van der Waals surface area (Å²) in [6.45, 7) is 5.21. The number of aromatic amines is 1.